The van der Waals surface area contributed by atoms with E-state index in [0.717, 1.165) is 18.1 Å². The van der Waals surface area contributed by atoms with Crippen LogP contribution in [0.5, 0.6) is 0 Å². The van der Waals surface area contributed by atoms with Gasteiger partial charge in [0.25, 0.3) is 0 Å². The molecule has 0 bridgehead atoms. The predicted octanol–water partition coefficient (Wildman–Crippen LogP) is -0.221. The molecule has 0 saturated carbocycles. The zero-order chi connectivity index (χ0) is 10.7. The maximum atomic E-state index is 4.26. The lowest BCUT2D eigenvalue weighted by Crippen LogP contribution is -2.06. The quantitative estimate of drug-likeness (QED) is 0.751. The fourth-order valence-electron chi connectivity index (χ4n) is 1.38. The summed E-state index contributed by atoms with van der Waals surface area (Å²) in [5.41, 5.74) is 1.03. The third-order valence-electron chi connectivity index (χ3n) is 2.17. The lowest BCUT2D eigenvalue weighted by molar-refractivity contribution is 0.695. The van der Waals surface area contributed by atoms with E-state index in [2.05, 4.69) is 20.5 Å². The van der Waals surface area contributed by atoms with Gasteiger partial charge in [-0.2, -0.15) is 0 Å². The average molecular weight is 206 g/mol. The van der Waals surface area contributed by atoms with Gasteiger partial charge in [-0.25, -0.2) is 4.98 Å². The van der Waals surface area contributed by atoms with Gasteiger partial charge in [0.15, 0.2) is 5.82 Å². The van der Waals surface area contributed by atoms with Crippen molar-refractivity contribution in [2.75, 3.05) is 7.05 Å². The molecule has 0 aliphatic carbocycles. The second-order valence-corrected chi connectivity index (χ2v) is 3.43. The summed E-state index contributed by atoms with van der Waals surface area (Å²) < 4.78 is 3.90. The summed E-state index contributed by atoms with van der Waals surface area (Å²) in [6, 6.07) is 0. The summed E-state index contributed by atoms with van der Waals surface area (Å²) in [7, 11) is 3.84. The number of nitrogens with zero attached hydrogens (tertiary/aromatic N) is 5. The molecule has 2 rings (SSSR count). The molecule has 0 radical (unpaired) electrons. The lowest BCUT2D eigenvalue weighted by atomic mass is 10.5. The number of nitrogens with one attached hydrogen (secondary N) is 1. The first-order chi connectivity index (χ1) is 7.29. The Balaban J connectivity index is 2.08. The Kier molecular flexibility index (Phi) is 2.77. The minimum atomic E-state index is 0.702. The molecule has 2 aromatic rings. The second-order valence-electron chi connectivity index (χ2n) is 3.43. The number of rotatable bonds is 4. The fraction of sp³-hybridized carbons (Fsp3) is 0.444. The number of imidazole rings is 1. The summed E-state index contributed by atoms with van der Waals surface area (Å²) >= 11 is 0. The number of aromatic nitrogens is 5. The second kappa shape index (κ2) is 4.22. The standard InChI is InChI=1S/C9H14N6/c1-10-3-8-4-15(6-11-8)5-9-13-12-7-14(9)2/h4,6-7,10H,3,5H2,1-2H3. The van der Waals surface area contributed by atoms with Crippen LogP contribution in [0.1, 0.15) is 11.5 Å². The van der Waals surface area contributed by atoms with Gasteiger partial charge in [-0.1, -0.05) is 0 Å². The molecular formula is C9H14N6. The van der Waals surface area contributed by atoms with Crippen LogP contribution < -0.4 is 5.32 Å². The first-order valence-corrected chi connectivity index (χ1v) is 4.77. The molecule has 0 aromatic carbocycles. The monoisotopic (exact) mass is 206 g/mol. The van der Waals surface area contributed by atoms with E-state index in [9.17, 15) is 0 Å². The van der Waals surface area contributed by atoms with Crippen molar-refractivity contribution < 1.29 is 0 Å². The molecule has 0 unspecified atom stereocenters. The molecular weight excluding hydrogens is 192 g/mol. The molecule has 80 valence electrons. The van der Waals surface area contributed by atoms with Gasteiger partial charge in [0.05, 0.1) is 18.6 Å². The molecule has 0 amide bonds. The van der Waals surface area contributed by atoms with E-state index in [4.69, 9.17) is 0 Å². The summed E-state index contributed by atoms with van der Waals surface area (Å²) in [6.45, 7) is 1.49. The zero-order valence-corrected chi connectivity index (χ0v) is 8.88. The number of aryl methyl sites for hydroxylation is 1. The van der Waals surface area contributed by atoms with E-state index in [1.807, 2.05) is 29.4 Å². The Morgan fingerprint density at radius 3 is 2.93 bits per heavy atom. The van der Waals surface area contributed by atoms with Crippen LogP contribution in [0.3, 0.4) is 0 Å². The molecule has 0 spiro atoms. The smallest absolute Gasteiger partial charge is 0.152 e. The summed E-state index contributed by atoms with van der Waals surface area (Å²) in [6.07, 6.45) is 5.51. The fourth-order valence-corrected chi connectivity index (χ4v) is 1.38. The molecule has 15 heavy (non-hydrogen) atoms. The molecule has 2 aromatic heterocycles. The highest BCUT2D eigenvalue weighted by Crippen LogP contribution is 2.00. The first kappa shape index (κ1) is 9.85. The normalized spacial score (nSPS) is 10.8. The number of hydrogen-bond donors (Lipinski definition) is 1. The van der Waals surface area contributed by atoms with Crippen molar-refractivity contribution in [3.8, 4) is 0 Å². The predicted molar refractivity (Wildman–Crippen MR) is 55.1 cm³/mol. The molecule has 1 N–H and O–H groups in total. The van der Waals surface area contributed by atoms with E-state index < -0.39 is 0 Å². The van der Waals surface area contributed by atoms with Gasteiger partial charge in [0.1, 0.15) is 6.33 Å². The van der Waals surface area contributed by atoms with Crippen molar-refractivity contribution in [1.29, 1.82) is 0 Å². The third-order valence-corrected chi connectivity index (χ3v) is 2.17. The minimum absolute atomic E-state index is 0.702. The third kappa shape index (κ3) is 2.21. The van der Waals surface area contributed by atoms with E-state index in [1.165, 1.54) is 0 Å². The van der Waals surface area contributed by atoms with Crippen LogP contribution in [0, 0.1) is 0 Å². The largest absolute Gasteiger partial charge is 0.329 e. The van der Waals surface area contributed by atoms with Crippen LogP contribution in [0.25, 0.3) is 0 Å². The molecule has 0 saturated heterocycles. The van der Waals surface area contributed by atoms with Gasteiger partial charge < -0.3 is 14.5 Å². The Hall–Kier alpha value is -1.69. The molecule has 0 aliphatic rings. The van der Waals surface area contributed by atoms with Crippen molar-refractivity contribution >= 4 is 0 Å². The van der Waals surface area contributed by atoms with E-state index in [-0.39, 0.29) is 0 Å². The zero-order valence-electron chi connectivity index (χ0n) is 8.88. The Morgan fingerprint density at radius 2 is 2.27 bits per heavy atom. The Bertz CT molecular complexity index is 429. The van der Waals surface area contributed by atoms with E-state index in [0.29, 0.717) is 6.54 Å². The SMILES string of the molecule is CNCc1cn(Cc2nncn2C)cn1. The lowest BCUT2D eigenvalue weighted by Gasteiger charge is -2.00. The maximum absolute atomic E-state index is 4.26. The Morgan fingerprint density at radius 1 is 1.40 bits per heavy atom. The van der Waals surface area contributed by atoms with Gasteiger partial charge in [0, 0.05) is 19.8 Å². The number of hydrogen-bond acceptors (Lipinski definition) is 4. The molecule has 2 heterocycles. The van der Waals surface area contributed by atoms with Gasteiger partial charge in [-0.3, -0.25) is 0 Å². The van der Waals surface area contributed by atoms with Crippen molar-refractivity contribution in [2.24, 2.45) is 7.05 Å². The van der Waals surface area contributed by atoms with Crippen LogP contribution in [-0.2, 0) is 20.1 Å². The van der Waals surface area contributed by atoms with Gasteiger partial charge in [-0.05, 0) is 7.05 Å². The first-order valence-electron chi connectivity index (χ1n) is 4.77. The van der Waals surface area contributed by atoms with Gasteiger partial charge >= 0.3 is 0 Å². The minimum Gasteiger partial charge on any atom is -0.329 e. The van der Waals surface area contributed by atoms with Crippen molar-refractivity contribution in [2.45, 2.75) is 13.1 Å². The molecule has 6 heteroatoms. The molecule has 6 nitrogen and oxygen atoms in total. The summed E-state index contributed by atoms with van der Waals surface area (Å²) in [5, 5.41) is 10.9. The highest BCUT2D eigenvalue weighted by Gasteiger charge is 2.02. The van der Waals surface area contributed by atoms with E-state index >= 15 is 0 Å². The topological polar surface area (TPSA) is 60.6 Å². The molecule has 0 atom stereocenters. The maximum Gasteiger partial charge on any atom is 0.152 e. The molecule has 0 fully saturated rings. The Labute approximate surface area is 88.0 Å². The van der Waals surface area contributed by atoms with Crippen LogP contribution in [0.15, 0.2) is 18.9 Å². The van der Waals surface area contributed by atoms with Crippen LogP contribution >= 0.6 is 0 Å². The summed E-state index contributed by atoms with van der Waals surface area (Å²) in [4.78, 5) is 4.26. The van der Waals surface area contributed by atoms with Crippen LogP contribution in [0.2, 0.25) is 0 Å². The highest BCUT2D eigenvalue weighted by atomic mass is 15.3. The summed E-state index contributed by atoms with van der Waals surface area (Å²) in [5.74, 6) is 0.920. The van der Waals surface area contributed by atoms with Crippen molar-refractivity contribution in [3.63, 3.8) is 0 Å². The van der Waals surface area contributed by atoms with Crippen molar-refractivity contribution in [1.82, 2.24) is 29.6 Å². The van der Waals surface area contributed by atoms with Crippen LogP contribution in [-0.4, -0.2) is 31.4 Å². The average Bonchev–Trinajstić information content (AvgIpc) is 2.79. The van der Waals surface area contributed by atoms with Gasteiger partial charge in [-0.15, -0.1) is 10.2 Å². The van der Waals surface area contributed by atoms with E-state index in [1.54, 1.807) is 12.7 Å². The highest BCUT2D eigenvalue weighted by molar-refractivity contribution is 4.98. The van der Waals surface area contributed by atoms with Crippen LogP contribution in [0.4, 0.5) is 0 Å². The van der Waals surface area contributed by atoms with Crippen molar-refractivity contribution in [3.05, 3.63) is 30.4 Å². The van der Waals surface area contributed by atoms with Gasteiger partial charge in [0.2, 0.25) is 0 Å². The molecule has 0 aliphatic heterocycles.